The van der Waals surface area contributed by atoms with Crippen molar-refractivity contribution in [2.45, 2.75) is 36.2 Å². The van der Waals surface area contributed by atoms with Gasteiger partial charge in [-0.1, -0.05) is 0 Å². The van der Waals surface area contributed by atoms with E-state index >= 15 is 0 Å². The van der Waals surface area contributed by atoms with Gasteiger partial charge in [0.1, 0.15) is 5.82 Å². The van der Waals surface area contributed by atoms with Crippen molar-refractivity contribution in [3.05, 3.63) is 34.3 Å². The fourth-order valence-corrected chi connectivity index (χ4v) is 3.23. The van der Waals surface area contributed by atoms with E-state index in [2.05, 4.69) is 54.2 Å². The number of nitrogens with one attached hydrogen (secondary N) is 2. The molecule has 2 atom stereocenters. The van der Waals surface area contributed by atoms with Crippen molar-refractivity contribution in [1.82, 2.24) is 15.0 Å². The molecule has 0 bridgehead atoms. The molecular formula is C15H18IN5S. The molecule has 5 nitrogen and oxygen atoms in total. The minimum Gasteiger partial charge on any atom is -0.367 e. The molecule has 1 saturated carbocycles. The Morgan fingerprint density at radius 3 is 2.41 bits per heavy atom. The molecule has 0 aliphatic heterocycles. The lowest BCUT2D eigenvalue weighted by Gasteiger charge is -2.15. The van der Waals surface area contributed by atoms with Crippen molar-refractivity contribution in [3.8, 4) is 0 Å². The summed E-state index contributed by atoms with van der Waals surface area (Å²) < 4.78 is 1.15. The fourth-order valence-electron chi connectivity index (χ4n) is 2.59. The van der Waals surface area contributed by atoms with E-state index in [1.807, 2.05) is 30.9 Å². The van der Waals surface area contributed by atoms with Crippen LogP contribution in [-0.2, 0) is 0 Å². The summed E-state index contributed by atoms with van der Waals surface area (Å²) in [4.78, 5) is 14.2. The fraction of sp³-hybridized carbons (Fsp3) is 0.400. The van der Waals surface area contributed by atoms with Crippen LogP contribution >= 0.6 is 34.4 Å². The molecule has 22 heavy (non-hydrogen) atoms. The molecule has 1 aliphatic rings. The summed E-state index contributed by atoms with van der Waals surface area (Å²) in [5.41, 5.74) is 0. The van der Waals surface area contributed by atoms with Crippen molar-refractivity contribution in [3.63, 3.8) is 0 Å². The van der Waals surface area contributed by atoms with Gasteiger partial charge >= 0.3 is 0 Å². The highest BCUT2D eigenvalue weighted by atomic mass is 127. The van der Waals surface area contributed by atoms with Gasteiger partial charge in [-0.05, 0) is 60.2 Å². The number of rotatable bonds is 5. The highest BCUT2D eigenvalue weighted by Gasteiger charge is 2.25. The van der Waals surface area contributed by atoms with Crippen molar-refractivity contribution >= 4 is 46.1 Å². The quantitative estimate of drug-likeness (QED) is 0.561. The molecule has 7 heteroatoms. The maximum Gasteiger partial charge on any atom is 0.222 e. The molecule has 2 N–H and O–H groups in total. The molecular weight excluding hydrogens is 409 g/mol. The molecule has 0 saturated heterocycles. The highest BCUT2D eigenvalue weighted by Crippen LogP contribution is 2.25. The van der Waals surface area contributed by atoms with Crippen LogP contribution < -0.4 is 10.6 Å². The Balaban J connectivity index is 1.52. The Morgan fingerprint density at radius 2 is 1.77 bits per heavy atom. The first-order valence-corrected chi connectivity index (χ1v) is 9.54. The Hall–Kier alpha value is -1.09. The lowest BCUT2D eigenvalue weighted by atomic mass is 10.2. The molecule has 0 amide bonds. The van der Waals surface area contributed by atoms with Crippen LogP contribution in [0, 0.1) is 3.57 Å². The van der Waals surface area contributed by atoms with Crippen LogP contribution in [0.3, 0.4) is 0 Å². The zero-order valence-electron chi connectivity index (χ0n) is 12.3. The summed E-state index contributed by atoms with van der Waals surface area (Å²) >= 11 is 3.92. The normalized spacial score (nSPS) is 20.8. The standard InChI is InChI=1S/C15H18IN5S/c1-22-13-8-18-15(19-9-13)21-12-4-3-11(6-12)20-14-5-2-10(16)7-17-14/h2,5,7-9,11-12H,3-4,6H2,1H3,(H,17,20)(H,18,19,21)/t11-,12-/m0/s1. The van der Waals surface area contributed by atoms with E-state index in [1.54, 1.807) is 11.8 Å². The minimum atomic E-state index is 0.418. The summed E-state index contributed by atoms with van der Waals surface area (Å²) in [6.07, 6.45) is 10.9. The number of hydrogen-bond acceptors (Lipinski definition) is 6. The maximum atomic E-state index is 4.40. The first-order chi connectivity index (χ1) is 10.7. The van der Waals surface area contributed by atoms with E-state index in [1.165, 1.54) is 0 Å². The lowest BCUT2D eigenvalue weighted by Crippen LogP contribution is -2.22. The van der Waals surface area contributed by atoms with Crippen molar-refractivity contribution < 1.29 is 0 Å². The molecule has 2 aromatic heterocycles. The molecule has 0 spiro atoms. The summed E-state index contributed by atoms with van der Waals surface area (Å²) in [6, 6.07) is 4.98. The molecule has 2 heterocycles. The Morgan fingerprint density at radius 1 is 1.05 bits per heavy atom. The number of thioether (sulfide) groups is 1. The van der Waals surface area contributed by atoms with Crippen LogP contribution in [0.1, 0.15) is 19.3 Å². The monoisotopic (exact) mass is 427 g/mol. The predicted molar refractivity (Wildman–Crippen MR) is 99.4 cm³/mol. The van der Waals surface area contributed by atoms with E-state index < -0.39 is 0 Å². The van der Waals surface area contributed by atoms with Gasteiger partial charge in [0.15, 0.2) is 0 Å². The summed E-state index contributed by atoms with van der Waals surface area (Å²) in [7, 11) is 0. The second kappa shape index (κ2) is 7.45. The Bertz CT molecular complexity index is 604. The molecule has 1 aliphatic carbocycles. The summed E-state index contributed by atoms with van der Waals surface area (Å²) in [5.74, 6) is 1.67. The highest BCUT2D eigenvalue weighted by molar-refractivity contribution is 14.1. The predicted octanol–water partition coefficient (Wildman–Crippen LogP) is 3.64. The number of pyridine rings is 1. The smallest absolute Gasteiger partial charge is 0.222 e. The number of anilines is 2. The van der Waals surface area contributed by atoms with E-state index in [-0.39, 0.29) is 0 Å². The third kappa shape index (κ3) is 4.22. The van der Waals surface area contributed by atoms with Crippen molar-refractivity contribution in [2.75, 3.05) is 16.9 Å². The van der Waals surface area contributed by atoms with Gasteiger partial charge in [-0.2, -0.15) is 0 Å². The van der Waals surface area contributed by atoms with E-state index in [0.717, 1.165) is 39.5 Å². The van der Waals surface area contributed by atoms with Gasteiger partial charge in [0.2, 0.25) is 5.95 Å². The van der Waals surface area contributed by atoms with Crippen LogP contribution in [0.15, 0.2) is 35.6 Å². The van der Waals surface area contributed by atoms with Gasteiger partial charge in [-0.25, -0.2) is 15.0 Å². The number of halogens is 1. The van der Waals surface area contributed by atoms with Gasteiger partial charge in [0, 0.05) is 39.1 Å². The zero-order valence-corrected chi connectivity index (χ0v) is 15.3. The number of hydrogen-bond donors (Lipinski definition) is 2. The molecule has 1 fully saturated rings. The Kier molecular flexibility index (Phi) is 5.35. The Labute approximate surface area is 148 Å². The second-order valence-electron chi connectivity index (χ2n) is 5.30. The first kappa shape index (κ1) is 15.8. The molecule has 3 rings (SSSR count). The average molecular weight is 427 g/mol. The number of aromatic nitrogens is 3. The van der Waals surface area contributed by atoms with Crippen LogP contribution in [0.25, 0.3) is 0 Å². The molecule has 0 unspecified atom stereocenters. The first-order valence-electron chi connectivity index (χ1n) is 7.23. The van der Waals surface area contributed by atoms with Gasteiger partial charge in [-0.15, -0.1) is 11.8 Å². The zero-order chi connectivity index (χ0) is 15.4. The van der Waals surface area contributed by atoms with Crippen LogP contribution in [-0.4, -0.2) is 33.3 Å². The SMILES string of the molecule is CSc1cnc(N[C@H]2CC[C@H](Nc3ccc(I)cn3)C2)nc1. The number of nitrogens with zero attached hydrogens (tertiary/aromatic N) is 3. The van der Waals surface area contributed by atoms with Crippen LogP contribution in [0.2, 0.25) is 0 Å². The third-order valence-corrected chi connectivity index (χ3v) is 5.03. The van der Waals surface area contributed by atoms with E-state index in [0.29, 0.717) is 12.1 Å². The van der Waals surface area contributed by atoms with Crippen LogP contribution in [0.5, 0.6) is 0 Å². The lowest BCUT2D eigenvalue weighted by molar-refractivity contribution is 0.716. The summed E-state index contributed by atoms with van der Waals surface area (Å²) in [5, 5.41) is 6.93. The maximum absolute atomic E-state index is 4.40. The average Bonchev–Trinajstić information content (AvgIpc) is 2.97. The molecule has 116 valence electrons. The van der Waals surface area contributed by atoms with Crippen molar-refractivity contribution in [1.29, 1.82) is 0 Å². The third-order valence-electron chi connectivity index (χ3n) is 3.71. The van der Waals surface area contributed by atoms with E-state index in [9.17, 15) is 0 Å². The topological polar surface area (TPSA) is 62.7 Å². The van der Waals surface area contributed by atoms with Crippen molar-refractivity contribution in [2.24, 2.45) is 0 Å². The second-order valence-corrected chi connectivity index (χ2v) is 7.43. The molecule has 0 aromatic carbocycles. The van der Waals surface area contributed by atoms with Gasteiger partial charge in [0.05, 0.1) is 0 Å². The van der Waals surface area contributed by atoms with Gasteiger partial charge in [0.25, 0.3) is 0 Å². The largest absolute Gasteiger partial charge is 0.367 e. The van der Waals surface area contributed by atoms with Gasteiger partial charge < -0.3 is 10.6 Å². The molecule has 0 radical (unpaired) electrons. The minimum absolute atomic E-state index is 0.418. The summed E-state index contributed by atoms with van der Waals surface area (Å²) in [6.45, 7) is 0. The van der Waals surface area contributed by atoms with E-state index in [4.69, 9.17) is 0 Å². The van der Waals surface area contributed by atoms with Crippen LogP contribution in [0.4, 0.5) is 11.8 Å². The van der Waals surface area contributed by atoms with Gasteiger partial charge in [-0.3, -0.25) is 0 Å². The molecule has 2 aromatic rings.